The van der Waals surface area contributed by atoms with E-state index in [2.05, 4.69) is 11.5 Å². The van der Waals surface area contributed by atoms with Crippen molar-refractivity contribution in [3.63, 3.8) is 0 Å². The molecule has 0 radical (unpaired) electrons. The second kappa shape index (κ2) is 6.86. The molecule has 0 aromatic heterocycles. The molecule has 3 N–H and O–H groups in total. The number of hydrazine groups is 1. The first-order valence-electron chi connectivity index (χ1n) is 7.46. The second-order valence-electron chi connectivity index (χ2n) is 5.96. The van der Waals surface area contributed by atoms with Gasteiger partial charge in [0, 0.05) is 6.04 Å². The Balaban J connectivity index is 1.95. The summed E-state index contributed by atoms with van der Waals surface area (Å²) in [6.45, 7) is 0. The molecule has 0 amide bonds. The van der Waals surface area contributed by atoms with Crippen LogP contribution in [0, 0.1) is 5.92 Å². The van der Waals surface area contributed by atoms with E-state index in [-0.39, 0.29) is 12.0 Å². The maximum absolute atomic E-state index is 11.5. The Morgan fingerprint density at radius 3 is 2.79 bits per heavy atom. The van der Waals surface area contributed by atoms with Crippen molar-refractivity contribution in [3.8, 4) is 0 Å². The number of hydrogen-bond acceptors (Lipinski definition) is 4. The molecule has 1 fully saturated rings. The van der Waals surface area contributed by atoms with E-state index < -0.39 is 9.84 Å². The molecular weight excluding hydrogens is 260 g/mol. The fourth-order valence-electron chi connectivity index (χ4n) is 3.25. The minimum absolute atomic E-state index is 0.163. The van der Waals surface area contributed by atoms with Crippen molar-refractivity contribution in [2.75, 3.05) is 11.5 Å². The highest BCUT2D eigenvalue weighted by molar-refractivity contribution is 7.91. The second-order valence-corrected chi connectivity index (χ2v) is 8.18. The number of allylic oxidation sites excluding steroid dienone is 1. The fourth-order valence-corrected chi connectivity index (χ4v) is 5.13. The van der Waals surface area contributed by atoms with Crippen LogP contribution in [0.25, 0.3) is 0 Å². The SMILES string of the molecule is NNC(CC1CCS(=O)(=O)C1)C1=CCCCCCC1. The lowest BCUT2D eigenvalue weighted by Gasteiger charge is -2.23. The van der Waals surface area contributed by atoms with Gasteiger partial charge in [0.05, 0.1) is 11.5 Å². The molecule has 2 aliphatic rings. The third-order valence-electron chi connectivity index (χ3n) is 4.37. The Morgan fingerprint density at radius 2 is 2.11 bits per heavy atom. The smallest absolute Gasteiger partial charge is 0.150 e. The highest BCUT2D eigenvalue weighted by Crippen LogP contribution is 2.27. The first kappa shape index (κ1) is 15.0. The van der Waals surface area contributed by atoms with E-state index in [1.807, 2.05) is 0 Å². The van der Waals surface area contributed by atoms with Crippen LogP contribution in [0.15, 0.2) is 11.6 Å². The van der Waals surface area contributed by atoms with Gasteiger partial charge in [-0.15, -0.1) is 0 Å². The average molecular weight is 286 g/mol. The van der Waals surface area contributed by atoms with Gasteiger partial charge in [0.25, 0.3) is 0 Å². The molecule has 0 aromatic carbocycles. The standard InChI is InChI=1S/C14H26N2O2S/c15-16-14(10-12-8-9-19(17,18)11-12)13-6-4-2-1-3-5-7-13/h6,12,14,16H,1-5,7-11,15H2. The Hall–Kier alpha value is -0.390. The predicted octanol–water partition coefficient (Wildman–Crippen LogP) is 1.92. The summed E-state index contributed by atoms with van der Waals surface area (Å²) in [5.74, 6) is 6.68. The van der Waals surface area contributed by atoms with Gasteiger partial charge in [-0.2, -0.15) is 0 Å². The third kappa shape index (κ3) is 4.58. The summed E-state index contributed by atoms with van der Waals surface area (Å²) >= 11 is 0. The fraction of sp³-hybridized carbons (Fsp3) is 0.857. The van der Waals surface area contributed by atoms with Gasteiger partial charge in [-0.25, -0.2) is 8.42 Å². The Bertz CT molecular complexity index is 417. The summed E-state index contributed by atoms with van der Waals surface area (Å²) in [6.07, 6.45) is 11.3. The van der Waals surface area contributed by atoms with Gasteiger partial charge in [0.15, 0.2) is 9.84 Å². The minimum Gasteiger partial charge on any atom is -0.271 e. The molecule has 2 rings (SSSR count). The molecule has 1 aliphatic heterocycles. The van der Waals surface area contributed by atoms with Gasteiger partial charge in [-0.3, -0.25) is 11.3 Å². The summed E-state index contributed by atoms with van der Waals surface area (Å²) in [5, 5.41) is 0. The molecule has 2 unspecified atom stereocenters. The van der Waals surface area contributed by atoms with E-state index in [4.69, 9.17) is 5.84 Å². The van der Waals surface area contributed by atoms with Gasteiger partial charge in [-0.1, -0.05) is 24.5 Å². The largest absolute Gasteiger partial charge is 0.271 e. The van der Waals surface area contributed by atoms with Gasteiger partial charge < -0.3 is 0 Å². The van der Waals surface area contributed by atoms with Crippen LogP contribution in [-0.4, -0.2) is 26.0 Å². The number of nitrogens with two attached hydrogens (primary N) is 1. The first-order valence-corrected chi connectivity index (χ1v) is 9.28. The molecule has 110 valence electrons. The van der Waals surface area contributed by atoms with E-state index in [9.17, 15) is 8.42 Å². The highest BCUT2D eigenvalue weighted by Gasteiger charge is 2.30. The molecule has 0 spiro atoms. The van der Waals surface area contributed by atoms with Gasteiger partial charge in [0.2, 0.25) is 0 Å². The number of nitrogens with one attached hydrogen (secondary N) is 1. The zero-order valence-electron chi connectivity index (χ0n) is 11.6. The van der Waals surface area contributed by atoms with Gasteiger partial charge in [-0.05, 0) is 44.4 Å². The van der Waals surface area contributed by atoms with Crippen molar-refractivity contribution < 1.29 is 8.42 Å². The zero-order valence-corrected chi connectivity index (χ0v) is 12.4. The molecule has 0 aromatic rings. The first-order chi connectivity index (χ1) is 9.11. The Labute approximate surface area is 116 Å². The van der Waals surface area contributed by atoms with Crippen molar-refractivity contribution in [2.24, 2.45) is 11.8 Å². The predicted molar refractivity (Wildman–Crippen MR) is 78.3 cm³/mol. The normalized spacial score (nSPS) is 29.3. The van der Waals surface area contributed by atoms with Gasteiger partial charge in [0.1, 0.15) is 0 Å². The summed E-state index contributed by atoms with van der Waals surface area (Å²) in [6, 6.07) is 0.163. The van der Waals surface area contributed by atoms with E-state index in [0.29, 0.717) is 11.5 Å². The van der Waals surface area contributed by atoms with Crippen LogP contribution in [-0.2, 0) is 9.84 Å². The van der Waals surface area contributed by atoms with Crippen LogP contribution < -0.4 is 11.3 Å². The number of sulfone groups is 1. The summed E-state index contributed by atoms with van der Waals surface area (Å²) in [7, 11) is -2.78. The zero-order chi connectivity index (χ0) is 13.7. The molecule has 2 atom stereocenters. The average Bonchev–Trinajstić information content (AvgIpc) is 2.66. The van der Waals surface area contributed by atoms with Crippen LogP contribution >= 0.6 is 0 Å². The maximum Gasteiger partial charge on any atom is 0.150 e. The monoisotopic (exact) mass is 286 g/mol. The molecule has 1 heterocycles. The summed E-state index contributed by atoms with van der Waals surface area (Å²) in [5.41, 5.74) is 4.31. The van der Waals surface area contributed by atoms with Crippen molar-refractivity contribution in [2.45, 2.75) is 57.4 Å². The third-order valence-corrected chi connectivity index (χ3v) is 6.21. The summed E-state index contributed by atoms with van der Waals surface area (Å²) in [4.78, 5) is 0. The lowest BCUT2D eigenvalue weighted by molar-refractivity contribution is 0.432. The molecule has 4 nitrogen and oxygen atoms in total. The maximum atomic E-state index is 11.5. The van der Waals surface area contributed by atoms with Gasteiger partial charge >= 0.3 is 0 Å². The Kier molecular flexibility index (Phi) is 5.42. The topological polar surface area (TPSA) is 72.2 Å². The molecule has 5 heteroatoms. The van der Waals surface area contributed by atoms with E-state index in [1.54, 1.807) is 0 Å². The van der Waals surface area contributed by atoms with E-state index in [0.717, 1.165) is 25.7 Å². The van der Waals surface area contributed by atoms with Crippen LogP contribution in [0.2, 0.25) is 0 Å². The molecule has 0 bridgehead atoms. The van der Waals surface area contributed by atoms with Crippen molar-refractivity contribution >= 4 is 9.84 Å². The molecule has 19 heavy (non-hydrogen) atoms. The van der Waals surface area contributed by atoms with Crippen LogP contribution in [0.5, 0.6) is 0 Å². The lowest BCUT2D eigenvalue weighted by atomic mass is 9.89. The van der Waals surface area contributed by atoms with Crippen molar-refractivity contribution in [1.82, 2.24) is 5.43 Å². The number of hydrogen-bond donors (Lipinski definition) is 2. The molecule has 1 aliphatic carbocycles. The van der Waals surface area contributed by atoms with Crippen LogP contribution in [0.1, 0.15) is 51.4 Å². The molecule has 1 saturated heterocycles. The van der Waals surface area contributed by atoms with Crippen molar-refractivity contribution in [1.29, 1.82) is 0 Å². The highest BCUT2D eigenvalue weighted by atomic mass is 32.2. The lowest BCUT2D eigenvalue weighted by Crippen LogP contribution is -2.38. The van der Waals surface area contributed by atoms with E-state index >= 15 is 0 Å². The molecule has 0 saturated carbocycles. The van der Waals surface area contributed by atoms with E-state index in [1.165, 1.54) is 31.3 Å². The van der Waals surface area contributed by atoms with Crippen LogP contribution in [0.4, 0.5) is 0 Å². The number of rotatable bonds is 4. The quantitative estimate of drug-likeness (QED) is 0.470. The summed E-state index contributed by atoms with van der Waals surface area (Å²) < 4.78 is 23.0. The Morgan fingerprint density at radius 1 is 1.32 bits per heavy atom. The van der Waals surface area contributed by atoms with Crippen LogP contribution in [0.3, 0.4) is 0 Å². The minimum atomic E-state index is -2.78. The van der Waals surface area contributed by atoms with Crippen molar-refractivity contribution in [3.05, 3.63) is 11.6 Å². The molecular formula is C14H26N2O2S.